The van der Waals surface area contributed by atoms with Crippen LogP contribution in [-0.4, -0.2) is 37.3 Å². The van der Waals surface area contributed by atoms with Crippen molar-refractivity contribution in [3.8, 4) is 11.8 Å². The van der Waals surface area contributed by atoms with Crippen LogP contribution in [0.3, 0.4) is 0 Å². The van der Waals surface area contributed by atoms with E-state index in [1.165, 1.54) is 7.11 Å². The summed E-state index contributed by atoms with van der Waals surface area (Å²) in [5.41, 5.74) is 4.52. The van der Waals surface area contributed by atoms with Gasteiger partial charge in [-0.25, -0.2) is 0 Å². The predicted molar refractivity (Wildman–Crippen MR) is 138 cm³/mol. The Morgan fingerprint density at radius 1 is 1.14 bits per heavy atom. The number of ether oxygens (including phenoxy) is 2. The van der Waals surface area contributed by atoms with Crippen LogP contribution < -0.4 is 15.4 Å². The first kappa shape index (κ1) is 26.8. The highest BCUT2D eigenvalue weighted by molar-refractivity contribution is 8.03. The largest absolute Gasteiger partial charge is 0.494 e. The molecule has 9 heteroatoms. The molecule has 188 valence electrons. The topological polar surface area (TPSA) is 118 Å². The van der Waals surface area contributed by atoms with Gasteiger partial charge >= 0.3 is 5.97 Å². The standard InChI is InChI=1S/C27H29N3O5S/c1-6-35-19-9-7-18(8-10-19)22-20(13-28)26(30-25(32)23(22)27(33)34-5)36-14-21(31)29-24-16(3)11-15(2)12-17(24)4/h7-12,22-23H,6,14H2,1-5H3,(H,29,31)(H,30,32)/t22-,23+/m1/s1. The SMILES string of the molecule is CCOc1ccc([C@@H]2C(C#N)=C(SCC(=O)Nc3c(C)cc(C)cc3C)NC(=O)[C@H]2C(=O)OC)cc1. The lowest BCUT2D eigenvalue weighted by atomic mass is 9.78. The summed E-state index contributed by atoms with van der Waals surface area (Å²) in [6.45, 7) is 8.20. The molecule has 0 saturated carbocycles. The molecule has 8 nitrogen and oxygen atoms in total. The maximum Gasteiger partial charge on any atom is 0.319 e. The molecule has 2 amide bonds. The molecule has 2 aromatic carbocycles. The zero-order valence-electron chi connectivity index (χ0n) is 20.9. The fraction of sp³-hybridized carbons (Fsp3) is 0.333. The zero-order valence-corrected chi connectivity index (χ0v) is 21.7. The first-order valence-electron chi connectivity index (χ1n) is 11.5. The molecule has 0 radical (unpaired) electrons. The van der Waals surface area contributed by atoms with Crippen LogP contribution in [0.25, 0.3) is 0 Å². The molecule has 0 aliphatic carbocycles. The van der Waals surface area contributed by atoms with E-state index in [2.05, 4.69) is 16.7 Å². The Kier molecular flexibility index (Phi) is 8.78. The number of nitrogens with zero attached hydrogens (tertiary/aromatic N) is 1. The summed E-state index contributed by atoms with van der Waals surface area (Å²) in [7, 11) is 1.20. The number of hydrogen-bond acceptors (Lipinski definition) is 7. The van der Waals surface area contributed by atoms with Crippen molar-refractivity contribution in [3.05, 3.63) is 69.3 Å². The second-order valence-electron chi connectivity index (χ2n) is 8.43. The van der Waals surface area contributed by atoms with E-state index in [-0.39, 0.29) is 22.3 Å². The van der Waals surface area contributed by atoms with Gasteiger partial charge in [0.25, 0.3) is 0 Å². The molecule has 3 rings (SSSR count). The summed E-state index contributed by atoms with van der Waals surface area (Å²) in [5.74, 6) is -3.11. The number of anilines is 1. The maximum absolute atomic E-state index is 13.0. The highest BCUT2D eigenvalue weighted by Crippen LogP contribution is 2.40. The van der Waals surface area contributed by atoms with E-state index in [1.807, 2.05) is 39.8 Å². The van der Waals surface area contributed by atoms with Gasteiger partial charge in [0.15, 0.2) is 0 Å². The van der Waals surface area contributed by atoms with Crippen molar-refractivity contribution in [2.45, 2.75) is 33.6 Å². The Morgan fingerprint density at radius 3 is 2.33 bits per heavy atom. The second-order valence-corrected chi connectivity index (χ2v) is 9.42. The Balaban J connectivity index is 1.90. The first-order chi connectivity index (χ1) is 17.2. The molecule has 2 atom stereocenters. The molecule has 2 N–H and O–H groups in total. The van der Waals surface area contributed by atoms with E-state index in [9.17, 15) is 19.6 Å². The van der Waals surface area contributed by atoms with Crippen molar-refractivity contribution in [1.29, 1.82) is 5.26 Å². The van der Waals surface area contributed by atoms with Crippen molar-refractivity contribution < 1.29 is 23.9 Å². The van der Waals surface area contributed by atoms with Gasteiger partial charge in [0, 0.05) is 11.6 Å². The number of aryl methyl sites for hydroxylation is 3. The molecule has 0 spiro atoms. The Labute approximate surface area is 215 Å². The van der Waals surface area contributed by atoms with E-state index < -0.39 is 23.7 Å². The average molecular weight is 508 g/mol. The van der Waals surface area contributed by atoms with E-state index in [0.29, 0.717) is 17.9 Å². The highest BCUT2D eigenvalue weighted by Gasteiger charge is 2.44. The quantitative estimate of drug-likeness (QED) is 0.408. The monoisotopic (exact) mass is 507 g/mol. The van der Waals surface area contributed by atoms with Crippen LogP contribution in [0.1, 0.15) is 35.1 Å². The number of thioether (sulfide) groups is 1. The van der Waals surface area contributed by atoms with E-state index in [0.717, 1.165) is 34.1 Å². The number of rotatable bonds is 8. The second kappa shape index (κ2) is 11.8. The number of nitrogens with one attached hydrogen (secondary N) is 2. The van der Waals surface area contributed by atoms with Crippen molar-refractivity contribution in [3.63, 3.8) is 0 Å². The normalized spacial score (nSPS) is 17.2. The molecule has 0 saturated heterocycles. The van der Waals surface area contributed by atoms with Gasteiger partial charge in [0.05, 0.1) is 36.1 Å². The van der Waals surface area contributed by atoms with Gasteiger partial charge in [0.1, 0.15) is 11.7 Å². The van der Waals surface area contributed by atoms with E-state index >= 15 is 0 Å². The average Bonchev–Trinajstić information content (AvgIpc) is 2.84. The smallest absolute Gasteiger partial charge is 0.319 e. The van der Waals surface area contributed by atoms with Crippen molar-refractivity contribution in [2.24, 2.45) is 5.92 Å². The van der Waals surface area contributed by atoms with Crippen molar-refractivity contribution in [2.75, 3.05) is 24.8 Å². The third-order valence-corrected chi connectivity index (χ3v) is 6.84. The minimum absolute atomic E-state index is 0.0353. The lowest BCUT2D eigenvalue weighted by Gasteiger charge is -2.31. The zero-order chi connectivity index (χ0) is 26.4. The Bertz CT molecular complexity index is 1220. The Morgan fingerprint density at radius 2 is 1.78 bits per heavy atom. The summed E-state index contributed by atoms with van der Waals surface area (Å²) < 4.78 is 10.3. The van der Waals surface area contributed by atoms with E-state index in [4.69, 9.17) is 9.47 Å². The van der Waals surface area contributed by atoms with Crippen LogP contribution in [0.5, 0.6) is 5.75 Å². The molecule has 2 aromatic rings. The fourth-order valence-corrected chi connectivity index (χ4v) is 5.16. The Hall–Kier alpha value is -3.77. The number of carbonyl (C=O) groups is 3. The molecule has 1 heterocycles. The molecule has 0 fully saturated rings. The highest BCUT2D eigenvalue weighted by atomic mass is 32.2. The van der Waals surface area contributed by atoms with Crippen LogP contribution in [0, 0.1) is 38.0 Å². The first-order valence-corrected chi connectivity index (χ1v) is 12.4. The lowest BCUT2D eigenvalue weighted by Crippen LogP contribution is -2.44. The van der Waals surface area contributed by atoms with Gasteiger partial charge in [0.2, 0.25) is 11.8 Å². The van der Waals surface area contributed by atoms with Crippen LogP contribution in [0.15, 0.2) is 47.0 Å². The van der Waals surface area contributed by atoms with Crippen LogP contribution in [0.4, 0.5) is 5.69 Å². The molecule has 1 aliphatic rings. The van der Waals surface area contributed by atoms with Gasteiger partial charge in [-0.15, -0.1) is 0 Å². The van der Waals surface area contributed by atoms with Gasteiger partial charge in [-0.05, 0) is 56.5 Å². The number of methoxy groups -OCH3 is 1. The molecule has 36 heavy (non-hydrogen) atoms. The fourth-order valence-electron chi connectivity index (χ4n) is 4.31. The van der Waals surface area contributed by atoms with E-state index in [1.54, 1.807) is 24.3 Å². The predicted octanol–water partition coefficient (Wildman–Crippen LogP) is 4.12. The minimum atomic E-state index is -1.24. The van der Waals surface area contributed by atoms with Crippen LogP contribution in [-0.2, 0) is 19.1 Å². The molecular formula is C27H29N3O5S. The summed E-state index contributed by atoms with van der Waals surface area (Å²) >= 11 is 1.04. The summed E-state index contributed by atoms with van der Waals surface area (Å²) in [6.07, 6.45) is 0. The van der Waals surface area contributed by atoms with Gasteiger partial charge in [-0.2, -0.15) is 5.26 Å². The van der Waals surface area contributed by atoms with Crippen molar-refractivity contribution >= 4 is 35.2 Å². The van der Waals surface area contributed by atoms with Crippen molar-refractivity contribution in [1.82, 2.24) is 5.32 Å². The van der Waals surface area contributed by atoms with Gasteiger partial charge < -0.3 is 20.1 Å². The van der Waals surface area contributed by atoms with Gasteiger partial charge in [-0.1, -0.05) is 41.6 Å². The molecule has 0 unspecified atom stereocenters. The number of benzene rings is 2. The number of carbonyl (C=O) groups excluding carboxylic acids is 3. The summed E-state index contributed by atoms with van der Waals surface area (Å²) in [4.78, 5) is 38.3. The molecule has 0 aromatic heterocycles. The third kappa shape index (κ3) is 5.89. The molecular weight excluding hydrogens is 478 g/mol. The molecule has 1 aliphatic heterocycles. The minimum Gasteiger partial charge on any atom is -0.494 e. The van der Waals surface area contributed by atoms with Gasteiger partial charge in [-0.3, -0.25) is 14.4 Å². The number of allylic oxidation sites excluding steroid dienone is 1. The number of hydrogen-bond donors (Lipinski definition) is 2. The summed E-state index contributed by atoms with van der Waals surface area (Å²) in [6, 6.07) is 13.0. The summed E-state index contributed by atoms with van der Waals surface area (Å²) in [5, 5.41) is 15.8. The van der Waals surface area contributed by atoms with Crippen LogP contribution >= 0.6 is 11.8 Å². The maximum atomic E-state index is 13.0. The lowest BCUT2D eigenvalue weighted by molar-refractivity contribution is -0.150. The number of esters is 1. The molecule has 0 bridgehead atoms. The van der Waals surface area contributed by atoms with Crippen LogP contribution in [0.2, 0.25) is 0 Å². The third-order valence-electron chi connectivity index (χ3n) is 5.82. The number of amides is 2. The number of nitriles is 1.